The van der Waals surface area contributed by atoms with Crippen molar-refractivity contribution in [3.8, 4) is 0 Å². The summed E-state index contributed by atoms with van der Waals surface area (Å²) >= 11 is 0. The number of fused-ring (bicyclic) bond motifs is 1. The molecule has 1 heterocycles. The first-order valence-corrected chi connectivity index (χ1v) is 7.25. The van der Waals surface area contributed by atoms with Crippen LogP contribution in [0.4, 0.5) is 0 Å². The van der Waals surface area contributed by atoms with Crippen molar-refractivity contribution in [2.24, 2.45) is 5.41 Å². The summed E-state index contributed by atoms with van der Waals surface area (Å²) in [5.74, 6) is 0.911. The third kappa shape index (κ3) is 4.09. The lowest BCUT2D eigenvalue weighted by Crippen LogP contribution is -2.31. The van der Waals surface area contributed by atoms with Crippen LogP contribution in [-0.4, -0.2) is 17.8 Å². The number of hydrogen-bond donors (Lipinski definition) is 2. The minimum Gasteiger partial charge on any atom is -0.459 e. The maximum atomic E-state index is 10.0. The topological polar surface area (TPSA) is 45.4 Å². The number of benzene rings is 1. The van der Waals surface area contributed by atoms with Crippen LogP contribution in [0, 0.1) is 5.41 Å². The summed E-state index contributed by atoms with van der Waals surface area (Å²) in [6.45, 7) is 9.05. The van der Waals surface area contributed by atoms with E-state index in [1.807, 2.05) is 24.3 Å². The normalized spacial score (nSPS) is 15.4. The van der Waals surface area contributed by atoms with E-state index >= 15 is 0 Å². The van der Waals surface area contributed by atoms with E-state index in [4.69, 9.17) is 4.42 Å². The van der Waals surface area contributed by atoms with E-state index in [1.54, 1.807) is 0 Å². The van der Waals surface area contributed by atoms with Gasteiger partial charge in [-0.25, -0.2) is 0 Å². The molecule has 2 atom stereocenters. The molecule has 0 saturated carbocycles. The van der Waals surface area contributed by atoms with Crippen molar-refractivity contribution in [2.75, 3.05) is 6.54 Å². The molecule has 0 aliphatic rings. The molecule has 1 aromatic heterocycles. The molecule has 0 fully saturated rings. The van der Waals surface area contributed by atoms with Gasteiger partial charge in [0.1, 0.15) is 11.3 Å². The summed E-state index contributed by atoms with van der Waals surface area (Å²) in [6.07, 6.45) is 0.453. The zero-order valence-electron chi connectivity index (χ0n) is 12.8. The number of hydrogen-bond acceptors (Lipinski definition) is 3. The second-order valence-corrected chi connectivity index (χ2v) is 6.74. The molecular weight excluding hydrogens is 250 g/mol. The zero-order valence-corrected chi connectivity index (χ0v) is 12.8. The summed E-state index contributed by atoms with van der Waals surface area (Å²) < 4.78 is 5.82. The number of nitrogens with one attached hydrogen (secondary N) is 1. The van der Waals surface area contributed by atoms with Gasteiger partial charge in [-0.3, -0.25) is 0 Å². The highest BCUT2D eigenvalue weighted by molar-refractivity contribution is 5.77. The van der Waals surface area contributed by atoms with E-state index in [1.165, 1.54) is 0 Å². The fraction of sp³-hybridized carbons (Fsp3) is 0.529. The highest BCUT2D eigenvalue weighted by Gasteiger charge is 2.18. The molecule has 0 amide bonds. The maximum absolute atomic E-state index is 10.0. The van der Waals surface area contributed by atoms with Crippen molar-refractivity contribution >= 4 is 11.0 Å². The highest BCUT2D eigenvalue weighted by Crippen LogP contribution is 2.24. The number of para-hydroxylation sites is 1. The van der Waals surface area contributed by atoms with Crippen LogP contribution in [0.5, 0.6) is 0 Å². The molecule has 0 saturated heterocycles. The largest absolute Gasteiger partial charge is 0.459 e. The van der Waals surface area contributed by atoms with Gasteiger partial charge in [0.2, 0.25) is 0 Å². The van der Waals surface area contributed by atoms with Crippen molar-refractivity contribution in [1.82, 2.24) is 5.32 Å². The molecule has 20 heavy (non-hydrogen) atoms. The minimum absolute atomic E-state index is 0.0945. The lowest BCUT2D eigenvalue weighted by atomic mass is 9.89. The lowest BCUT2D eigenvalue weighted by Gasteiger charge is -2.23. The van der Waals surface area contributed by atoms with Gasteiger partial charge in [0.25, 0.3) is 0 Å². The Hall–Kier alpha value is -1.32. The SMILES string of the molecule is CC(NCC(O)CC(C)(C)C)c1cc2ccccc2o1. The average Bonchev–Trinajstić information content (AvgIpc) is 2.77. The Morgan fingerprint density at radius 2 is 1.95 bits per heavy atom. The van der Waals surface area contributed by atoms with E-state index in [2.05, 4.69) is 39.1 Å². The molecule has 2 rings (SSSR count). The summed E-state index contributed by atoms with van der Waals surface area (Å²) in [6, 6.07) is 10.2. The Morgan fingerprint density at radius 1 is 1.25 bits per heavy atom. The van der Waals surface area contributed by atoms with Crippen LogP contribution in [0.2, 0.25) is 0 Å². The molecule has 3 nitrogen and oxygen atoms in total. The first-order valence-electron chi connectivity index (χ1n) is 7.25. The Bertz CT molecular complexity index is 520. The van der Waals surface area contributed by atoms with Gasteiger partial charge in [-0.2, -0.15) is 0 Å². The summed E-state index contributed by atoms with van der Waals surface area (Å²) in [5.41, 5.74) is 1.05. The smallest absolute Gasteiger partial charge is 0.134 e. The van der Waals surface area contributed by atoms with Crippen molar-refractivity contribution < 1.29 is 9.52 Å². The quantitative estimate of drug-likeness (QED) is 0.870. The molecule has 0 aliphatic heterocycles. The van der Waals surface area contributed by atoms with Gasteiger partial charge in [-0.05, 0) is 30.9 Å². The molecular formula is C17H25NO2. The Kier molecular flexibility index (Phi) is 4.51. The van der Waals surface area contributed by atoms with Crippen LogP contribution in [-0.2, 0) is 0 Å². The van der Waals surface area contributed by atoms with Crippen molar-refractivity contribution in [3.63, 3.8) is 0 Å². The van der Waals surface area contributed by atoms with Gasteiger partial charge in [0, 0.05) is 11.9 Å². The number of furan rings is 1. The van der Waals surface area contributed by atoms with Crippen molar-refractivity contribution in [3.05, 3.63) is 36.1 Å². The number of rotatable bonds is 5. The number of aliphatic hydroxyl groups excluding tert-OH is 1. The number of aliphatic hydroxyl groups is 1. The third-order valence-corrected chi connectivity index (χ3v) is 3.38. The molecule has 3 heteroatoms. The van der Waals surface area contributed by atoms with Crippen LogP contribution in [0.25, 0.3) is 11.0 Å². The fourth-order valence-electron chi connectivity index (χ4n) is 2.41. The molecule has 2 N–H and O–H groups in total. The maximum Gasteiger partial charge on any atom is 0.134 e. The van der Waals surface area contributed by atoms with Gasteiger partial charge in [0.15, 0.2) is 0 Å². The molecule has 2 aromatic rings. The van der Waals surface area contributed by atoms with Gasteiger partial charge in [0.05, 0.1) is 12.1 Å². The first-order chi connectivity index (χ1) is 9.35. The molecule has 1 aromatic carbocycles. The molecule has 0 radical (unpaired) electrons. The molecule has 2 unspecified atom stereocenters. The Labute approximate surface area is 121 Å². The highest BCUT2D eigenvalue weighted by atomic mass is 16.3. The van der Waals surface area contributed by atoms with Gasteiger partial charge in [-0.15, -0.1) is 0 Å². The van der Waals surface area contributed by atoms with E-state index in [9.17, 15) is 5.11 Å². The molecule has 0 aliphatic carbocycles. The van der Waals surface area contributed by atoms with Crippen LogP contribution in [0.1, 0.15) is 45.9 Å². The standard InChI is InChI=1S/C17H25NO2/c1-12(18-11-14(19)10-17(2,3)4)16-9-13-7-5-6-8-15(13)20-16/h5-9,12,14,18-19H,10-11H2,1-4H3. The van der Waals surface area contributed by atoms with Crippen LogP contribution >= 0.6 is 0 Å². The average molecular weight is 275 g/mol. The lowest BCUT2D eigenvalue weighted by molar-refractivity contribution is 0.116. The summed E-state index contributed by atoms with van der Waals surface area (Å²) in [7, 11) is 0. The minimum atomic E-state index is -0.332. The fourth-order valence-corrected chi connectivity index (χ4v) is 2.41. The monoisotopic (exact) mass is 275 g/mol. The third-order valence-electron chi connectivity index (χ3n) is 3.38. The van der Waals surface area contributed by atoms with Crippen LogP contribution in [0.3, 0.4) is 0 Å². The molecule has 0 bridgehead atoms. The van der Waals surface area contributed by atoms with E-state index in [-0.39, 0.29) is 17.6 Å². The van der Waals surface area contributed by atoms with E-state index in [0.717, 1.165) is 23.2 Å². The van der Waals surface area contributed by atoms with Crippen LogP contribution in [0.15, 0.2) is 34.7 Å². The van der Waals surface area contributed by atoms with E-state index < -0.39 is 0 Å². The summed E-state index contributed by atoms with van der Waals surface area (Å²) in [5, 5.41) is 14.5. The predicted octanol–water partition coefficient (Wildman–Crippen LogP) is 3.88. The predicted molar refractivity (Wildman–Crippen MR) is 82.7 cm³/mol. The second-order valence-electron chi connectivity index (χ2n) is 6.74. The molecule has 110 valence electrons. The second kappa shape index (κ2) is 5.98. The Morgan fingerprint density at radius 3 is 2.60 bits per heavy atom. The molecule has 0 spiro atoms. The summed E-state index contributed by atoms with van der Waals surface area (Å²) in [4.78, 5) is 0. The van der Waals surface area contributed by atoms with Crippen molar-refractivity contribution in [1.29, 1.82) is 0 Å². The van der Waals surface area contributed by atoms with Crippen molar-refractivity contribution in [2.45, 2.75) is 46.3 Å². The van der Waals surface area contributed by atoms with Gasteiger partial charge in [-0.1, -0.05) is 39.0 Å². The first kappa shape index (κ1) is 15.1. The van der Waals surface area contributed by atoms with E-state index in [0.29, 0.717) is 6.54 Å². The van der Waals surface area contributed by atoms with Gasteiger partial charge >= 0.3 is 0 Å². The van der Waals surface area contributed by atoms with Gasteiger partial charge < -0.3 is 14.8 Å². The Balaban J connectivity index is 1.93. The van der Waals surface area contributed by atoms with Crippen LogP contribution < -0.4 is 5.32 Å². The zero-order chi connectivity index (χ0) is 14.8.